The van der Waals surface area contributed by atoms with Gasteiger partial charge in [0.25, 0.3) is 0 Å². The van der Waals surface area contributed by atoms with Gasteiger partial charge in [0.1, 0.15) is 4.99 Å². The minimum atomic E-state index is 0.385. The monoisotopic (exact) mass is 279 g/mol. The van der Waals surface area contributed by atoms with Gasteiger partial charge in [-0.2, -0.15) is 0 Å². The molecule has 0 radical (unpaired) electrons. The molecule has 3 N–H and O–H groups in total. The van der Waals surface area contributed by atoms with Gasteiger partial charge in [-0.1, -0.05) is 30.4 Å². The smallest absolute Gasteiger partial charge is 0.106 e. The number of pyridine rings is 1. The van der Waals surface area contributed by atoms with E-state index >= 15 is 0 Å². The van der Waals surface area contributed by atoms with E-state index in [2.05, 4.69) is 16.4 Å². The molecule has 1 aromatic heterocycles. The molecule has 0 saturated carbocycles. The van der Waals surface area contributed by atoms with Crippen LogP contribution in [-0.4, -0.2) is 9.97 Å². The Morgan fingerprint density at radius 2 is 1.90 bits per heavy atom. The van der Waals surface area contributed by atoms with Crippen LogP contribution in [0.2, 0.25) is 0 Å². The molecular formula is C16H13N3S. The summed E-state index contributed by atoms with van der Waals surface area (Å²) in [5.41, 5.74) is 9.44. The highest BCUT2D eigenvalue weighted by molar-refractivity contribution is 7.80. The van der Waals surface area contributed by atoms with E-state index in [1.54, 1.807) is 6.20 Å². The number of benzene rings is 2. The molecule has 0 aliphatic heterocycles. The normalized spacial score (nSPS) is 10.4. The van der Waals surface area contributed by atoms with Crippen LogP contribution in [0, 0.1) is 0 Å². The number of hydrogen-bond acceptors (Lipinski definition) is 3. The van der Waals surface area contributed by atoms with Gasteiger partial charge in [-0.15, -0.1) is 0 Å². The number of hydrogen-bond donors (Lipinski definition) is 2. The second-order valence-electron chi connectivity index (χ2n) is 4.45. The molecule has 20 heavy (non-hydrogen) atoms. The molecule has 3 nitrogen and oxygen atoms in total. The fourth-order valence-corrected chi connectivity index (χ4v) is 2.29. The molecule has 0 fully saturated rings. The van der Waals surface area contributed by atoms with Crippen LogP contribution in [0.1, 0.15) is 5.56 Å². The molecule has 0 saturated heterocycles. The van der Waals surface area contributed by atoms with E-state index in [0.29, 0.717) is 4.99 Å². The van der Waals surface area contributed by atoms with Crippen molar-refractivity contribution >= 4 is 39.5 Å². The number of nitrogens with one attached hydrogen (secondary N) is 1. The van der Waals surface area contributed by atoms with Crippen LogP contribution in [-0.2, 0) is 0 Å². The fraction of sp³-hybridized carbons (Fsp3) is 0. The van der Waals surface area contributed by atoms with E-state index in [9.17, 15) is 0 Å². The number of nitrogens with two attached hydrogens (primary N) is 1. The molecule has 4 heteroatoms. The maximum absolute atomic E-state index is 5.74. The maximum Gasteiger partial charge on any atom is 0.106 e. The van der Waals surface area contributed by atoms with Gasteiger partial charge >= 0.3 is 0 Å². The molecule has 0 unspecified atom stereocenters. The number of nitrogens with zero attached hydrogens (tertiary/aromatic N) is 1. The summed E-state index contributed by atoms with van der Waals surface area (Å²) in [6, 6.07) is 17.7. The lowest BCUT2D eigenvalue weighted by atomic mass is 10.1. The molecule has 0 bridgehead atoms. The van der Waals surface area contributed by atoms with Crippen molar-refractivity contribution in [1.82, 2.24) is 4.98 Å². The average molecular weight is 279 g/mol. The Balaban J connectivity index is 1.99. The Kier molecular flexibility index (Phi) is 3.31. The molecule has 0 aliphatic carbocycles. The first-order valence-corrected chi connectivity index (χ1v) is 6.65. The summed E-state index contributed by atoms with van der Waals surface area (Å²) in [4.78, 5) is 4.69. The number of aromatic nitrogens is 1. The number of thiocarbonyl (C=S) groups is 1. The zero-order valence-corrected chi connectivity index (χ0v) is 11.5. The molecule has 0 atom stereocenters. The lowest BCUT2D eigenvalue weighted by Crippen LogP contribution is -2.11. The summed E-state index contributed by atoms with van der Waals surface area (Å²) in [6.07, 6.45) is 1.79. The first-order chi connectivity index (χ1) is 9.74. The Hall–Kier alpha value is -2.46. The average Bonchev–Trinajstić information content (AvgIpc) is 2.47. The third-order valence-electron chi connectivity index (χ3n) is 3.07. The molecular weight excluding hydrogens is 266 g/mol. The first kappa shape index (κ1) is 12.6. The van der Waals surface area contributed by atoms with Gasteiger partial charge in [0, 0.05) is 28.5 Å². The van der Waals surface area contributed by atoms with Crippen LogP contribution in [0.3, 0.4) is 0 Å². The minimum absolute atomic E-state index is 0.385. The van der Waals surface area contributed by atoms with Gasteiger partial charge in [0.2, 0.25) is 0 Å². The Labute approximate surface area is 122 Å². The van der Waals surface area contributed by atoms with Crippen molar-refractivity contribution in [3.63, 3.8) is 0 Å². The van der Waals surface area contributed by atoms with Gasteiger partial charge in [-0.25, -0.2) is 0 Å². The largest absolute Gasteiger partial charge is 0.389 e. The third kappa shape index (κ3) is 2.46. The van der Waals surface area contributed by atoms with E-state index in [4.69, 9.17) is 18.0 Å². The maximum atomic E-state index is 5.74. The van der Waals surface area contributed by atoms with Gasteiger partial charge < -0.3 is 11.1 Å². The molecule has 0 spiro atoms. The minimum Gasteiger partial charge on any atom is -0.389 e. The summed E-state index contributed by atoms with van der Waals surface area (Å²) >= 11 is 5.07. The van der Waals surface area contributed by atoms with Crippen molar-refractivity contribution in [3.05, 3.63) is 66.4 Å². The number of para-hydroxylation sites is 1. The van der Waals surface area contributed by atoms with Gasteiger partial charge in [0.15, 0.2) is 0 Å². The van der Waals surface area contributed by atoms with Crippen molar-refractivity contribution in [1.29, 1.82) is 0 Å². The highest BCUT2D eigenvalue weighted by atomic mass is 32.1. The number of anilines is 2. The van der Waals surface area contributed by atoms with Crippen LogP contribution in [0.25, 0.3) is 10.9 Å². The highest BCUT2D eigenvalue weighted by Crippen LogP contribution is 2.23. The lowest BCUT2D eigenvalue weighted by Gasteiger charge is -2.11. The molecule has 0 aliphatic rings. The van der Waals surface area contributed by atoms with E-state index in [-0.39, 0.29) is 0 Å². The van der Waals surface area contributed by atoms with Crippen molar-refractivity contribution in [2.24, 2.45) is 5.73 Å². The SMILES string of the molecule is NC(=S)c1ccccc1Nc1ccc2ncccc2c1. The lowest BCUT2D eigenvalue weighted by molar-refractivity contribution is 1.41. The third-order valence-corrected chi connectivity index (χ3v) is 3.29. The van der Waals surface area contributed by atoms with Gasteiger partial charge in [0.05, 0.1) is 5.52 Å². The summed E-state index contributed by atoms with van der Waals surface area (Å²) < 4.78 is 0. The Morgan fingerprint density at radius 1 is 1.05 bits per heavy atom. The summed E-state index contributed by atoms with van der Waals surface area (Å²) in [5.74, 6) is 0. The molecule has 2 aromatic carbocycles. The highest BCUT2D eigenvalue weighted by Gasteiger charge is 2.05. The molecule has 3 aromatic rings. The summed E-state index contributed by atoms with van der Waals surface area (Å²) in [7, 11) is 0. The van der Waals surface area contributed by atoms with Crippen molar-refractivity contribution in [2.75, 3.05) is 5.32 Å². The van der Waals surface area contributed by atoms with Crippen LogP contribution in [0.4, 0.5) is 11.4 Å². The van der Waals surface area contributed by atoms with Gasteiger partial charge in [-0.3, -0.25) is 4.98 Å². The predicted molar refractivity (Wildman–Crippen MR) is 87.4 cm³/mol. The van der Waals surface area contributed by atoms with E-state index < -0.39 is 0 Å². The van der Waals surface area contributed by atoms with E-state index in [1.165, 1.54) is 0 Å². The van der Waals surface area contributed by atoms with Crippen LogP contribution in [0.5, 0.6) is 0 Å². The molecule has 1 heterocycles. The zero-order chi connectivity index (χ0) is 13.9. The molecule has 3 rings (SSSR count). The Bertz CT molecular complexity index is 783. The number of fused-ring (bicyclic) bond motifs is 1. The Morgan fingerprint density at radius 3 is 2.75 bits per heavy atom. The fourth-order valence-electron chi connectivity index (χ4n) is 2.12. The standard InChI is InChI=1S/C16H13N3S/c17-16(20)13-5-1-2-6-15(13)19-12-7-8-14-11(10-12)4-3-9-18-14/h1-10,19H,(H2,17,20). The topological polar surface area (TPSA) is 50.9 Å². The summed E-state index contributed by atoms with van der Waals surface area (Å²) in [5, 5.41) is 4.44. The van der Waals surface area contributed by atoms with Crippen molar-refractivity contribution in [3.8, 4) is 0 Å². The first-order valence-electron chi connectivity index (χ1n) is 6.25. The van der Waals surface area contributed by atoms with Gasteiger partial charge in [-0.05, 0) is 36.4 Å². The van der Waals surface area contributed by atoms with E-state index in [0.717, 1.165) is 27.8 Å². The number of rotatable bonds is 3. The molecule has 98 valence electrons. The van der Waals surface area contributed by atoms with Crippen molar-refractivity contribution < 1.29 is 0 Å². The summed E-state index contributed by atoms with van der Waals surface area (Å²) in [6.45, 7) is 0. The quantitative estimate of drug-likeness (QED) is 0.719. The predicted octanol–water partition coefficient (Wildman–Crippen LogP) is 3.61. The second-order valence-corrected chi connectivity index (χ2v) is 4.89. The van der Waals surface area contributed by atoms with Crippen LogP contribution >= 0.6 is 12.2 Å². The van der Waals surface area contributed by atoms with E-state index in [1.807, 2.05) is 48.5 Å². The van der Waals surface area contributed by atoms with Crippen molar-refractivity contribution in [2.45, 2.75) is 0 Å². The van der Waals surface area contributed by atoms with Crippen LogP contribution in [0.15, 0.2) is 60.8 Å². The van der Waals surface area contributed by atoms with Crippen LogP contribution < -0.4 is 11.1 Å². The molecule has 0 amide bonds. The zero-order valence-electron chi connectivity index (χ0n) is 10.7. The second kappa shape index (κ2) is 5.27.